The number of rotatable bonds is 20. The van der Waals surface area contributed by atoms with Crippen LogP contribution in [0.25, 0.3) is 22.3 Å². The smallest absolute Gasteiger partial charge is 0.0485 e. The van der Waals surface area contributed by atoms with E-state index in [1.54, 1.807) is 0 Å². The Kier molecular flexibility index (Phi) is 14.8. The van der Waals surface area contributed by atoms with Gasteiger partial charge in [0.05, 0.1) is 0 Å². The summed E-state index contributed by atoms with van der Waals surface area (Å²) in [6.07, 6.45) is 9.17. The number of hydrogen-bond acceptors (Lipinski definition) is 4. The van der Waals surface area contributed by atoms with Gasteiger partial charge in [-0.3, -0.25) is 0 Å². The second-order valence-corrected chi connectivity index (χ2v) is 18.1. The average Bonchev–Trinajstić information content (AvgIpc) is 4.23. The van der Waals surface area contributed by atoms with Crippen LogP contribution in [0.1, 0.15) is 124 Å². The monoisotopic (exact) mass is 901 g/mol. The van der Waals surface area contributed by atoms with Crippen molar-refractivity contribution in [2.45, 2.75) is 79.1 Å². The minimum Gasteiger partial charge on any atom is -0.385 e. The van der Waals surface area contributed by atoms with Crippen LogP contribution in [0.2, 0.25) is 0 Å². The maximum absolute atomic E-state index is 3.96. The molecule has 0 aliphatic carbocycles. The summed E-state index contributed by atoms with van der Waals surface area (Å²) in [4.78, 5) is 15.9. The topological polar surface area (TPSA) is 111 Å². The number of aromatic amines is 4. The van der Waals surface area contributed by atoms with Crippen molar-refractivity contribution in [2.75, 3.05) is 47.4 Å². The van der Waals surface area contributed by atoms with Crippen molar-refractivity contribution in [1.82, 2.24) is 19.9 Å². The van der Waals surface area contributed by atoms with Crippen LogP contribution in [0.5, 0.6) is 0 Å². The fourth-order valence-electron chi connectivity index (χ4n) is 9.23. The zero-order chi connectivity index (χ0) is 46.7. The minimum absolute atomic E-state index is 0.957. The van der Waals surface area contributed by atoms with Crippen LogP contribution in [0.15, 0.2) is 146 Å². The Hall–Kier alpha value is -7.32. The molecule has 0 radical (unpaired) electrons. The lowest BCUT2D eigenvalue weighted by Gasteiger charge is -2.12. The van der Waals surface area contributed by atoms with E-state index in [4.69, 9.17) is 0 Å². The zero-order valence-corrected chi connectivity index (χ0v) is 40.3. The van der Waals surface area contributed by atoms with Crippen LogP contribution >= 0.6 is 0 Å². The SMILES string of the molecule is CCCCNc1ccc(C2=c3ccc([nH]3)=C(c3ccc(NCCCC)cc3)c3ccc([nH]3)C(c3ccc(NCCCC)cc3)=c3ccc([nH]3)=C(c3ccc(NCCCC)cc3)c3ccc2[nH]3)cc1. The minimum atomic E-state index is 0.957. The van der Waals surface area contributed by atoms with Gasteiger partial charge in [-0.2, -0.15) is 0 Å². The molecular weight excluding hydrogens is 833 g/mol. The van der Waals surface area contributed by atoms with Crippen molar-refractivity contribution in [3.8, 4) is 0 Å². The lowest BCUT2D eigenvalue weighted by molar-refractivity contribution is 0.834. The molecule has 1 aliphatic rings. The Morgan fingerprint density at radius 3 is 0.691 bits per heavy atom. The van der Waals surface area contributed by atoms with Gasteiger partial charge in [-0.1, -0.05) is 102 Å². The van der Waals surface area contributed by atoms with Gasteiger partial charge in [0, 0.05) is 115 Å². The first kappa shape index (κ1) is 45.8. The van der Waals surface area contributed by atoms with E-state index in [-0.39, 0.29) is 0 Å². The number of nitrogens with one attached hydrogen (secondary N) is 8. The molecule has 0 atom stereocenters. The number of H-pyrrole nitrogens is 4. The van der Waals surface area contributed by atoms with Gasteiger partial charge >= 0.3 is 0 Å². The van der Waals surface area contributed by atoms with Crippen molar-refractivity contribution in [2.24, 2.45) is 0 Å². The fourth-order valence-corrected chi connectivity index (χ4v) is 9.23. The first-order chi connectivity index (χ1) is 33.5. The van der Waals surface area contributed by atoms with Crippen LogP contribution in [0, 0.1) is 0 Å². The first-order valence-corrected chi connectivity index (χ1v) is 25.2. The largest absolute Gasteiger partial charge is 0.385 e. The molecule has 0 saturated carbocycles. The molecule has 8 heteroatoms. The Balaban J connectivity index is 1.28. The summed E-state index contributed by atoms with van der Waals surface area (Å²) >= 11 is 0. The summed E-state index contributed by atoms with van der Waals surface area (Å²) in [6, 6.07) is 53.5. The molecule has 8 bridgehead atoms. The predicted molar refractivity (Wildman–Crippen MR) is 287 cm³/mol. The highest BCUT2D eigenvalue weighted by Gasteiger charge is 2.19. The van der Waals surface area contributed by atoms with Crippen molar-refractivity contribution in [1.29, 1.82) is 0 Å². The zero-order valence-electron chi connectivity index (χ0n) is 40.3. The van der Waals surface area contributed by atoms with E-state index < -0.39 is 0 Å². The standard InChI is InChI=1S/C60H68N8/c1-5-9-37-61-45-21-13-41(14-22-45)57-49-29-31-51(65-49)58(42-15-23-46(24-16-42)62-38-10-6-2)53-33-35-55(67-53)60(44-19-27-48(28-20-44)64-40-12-8-4)56-36-34-54(68-56)59(52-32-30-50(57)66-52)43-17-25-47(26-18-43)63-39-11-7-3/h13-36,61-68H,5-12,37-40H2,1-4H3. The third kappa shape index (κ3) is 10.5. The van der Waals surface area contributed by atoms with Gasteiger partial charge < -0.3 is 41.2 Å². The van der Waals surface area contributed by atoms with Crippen LogP contribution in [-0.4, -0.2) is 46.1 Å². The highest BCUT2D eigenvalue weighted by Crippen LogP contribution is 2.30. The van der Waals surface area contributed by atoms with Gasteiger partial charge in [0.15, 0.2) is 0 Å². The third-order valence-corrected chi connectivity index (χ3v) is 13.0. The van der Waals surface area contributed by atoms with Gasteiger partial charge in [-0.15, -0.1) is 0 Å². The number of anilines is 4. The van der Waals surface area contributed by atoms with E-state index in [1.165, 1.54) is 0 Å². The molecule has 5 heterocycles. The predicted octanol–water partition coefficient (Wildman–Crippen LogP) is 11.1. The maximum atomic E-state index is 3.96. The summed E-state index contributed by atoms with van der Waals surface area (Å²) in [5.41, 5.74) is 17.5. The van der Waals surface area contributed by atoms with Crippen LogP contribution < -0.4 is 42.7 Å². The molecule has 8 nitrogen and oxygen atoms in total. The summed E-state index contributed by atoms with van der Waals surface area (Å²) in [6.45, 7) is 12.7. The Bertz CT molecular complexity index is 2720. The molecule has 8 aromatic rings. The molecule has 1 aliphatic heterocycles. The number of benzene rings is 4. The molecule has 0 unspecified atom stereocenters. The lowest BCUT2D eigenvalue weighted by Crippen LogP contribution is -2.19. The van der Waals surface area contributed by atoms with Crippen molar-refractivity contribution >= 4 is 45.0 Å². The summed E-state index contributed by atoms with van der Waals surface area (Å²) < 4.78 is 0. The molecule has 0 amide bonds. The highest BCUT2D eigenvalue weighted by molar-refractivity contribution is 5.85. The molecular formula is C60H68N8. The quantitative estimate of drug-likeness (QED) is 0.0364. The van der Waals surface area contributed by atoms with Gasteiger partial charge in [0.25, 0.3) is 0 Å². The lowest BCUT2D eigenvalue weighted by atomic mass is 10.0. The normalized spacial score (nSPS) is 12.4. The molecule has 0 saturated heterocycles. The van der Waals surface area contributed by atoms with E-state index in [1.807, 2.05) is 0 Å². The third-order valence-electron chi connectivity index (χ3n) is 13.0. The van der Waals surface area contributed by atoms with Crippen LogP contribution in [0.3, 0.4) is 0 Å². The van der Waals surface area contributed by atoms with Crippen LogP contribution in [-0.2, 0) is 0 Å². The highest BCUT2D eigenvalue weighted by atomic mass is 14.9. The second kappa shape index (κ2) is 22.0. The molecule has 348 valence electrons. The molecule has 68 heavy (non-hydrogen) atoms. The Morgan fingerprint density at radius 2 is 0.485 bits per heavy atom. The first-order valence-electron chi connectivity index (χ1n) is 25.2. The van der Waals surface area contributed by atoms with Crippen LogP contribution in [0.4, 0.5) is 22.7 Å². The average molecular weight is 901 g/mol. The summed E-state index contributed by atoms with van der Waals surface area (Å²) in [7, 11) is 0. The molecule has 0 fully saturated rings. The molecule has 8 N–H and O–H groups in total. The van der Waals surface area contributed by atoms with Gasteiger partial charge in [-0.05, 0) is 145 Å². The summed E-state index contributed by atoms with van der Waals surface area (Å²) in [5, 5.41) is 18.6. The Labute approximate surface area is 401 Å². The van der Waals surface area contributed by atoms with E-state index >= 15 is 0 Å². The van der Waals surface area contributed by atoms with Crippen molar-refractivity contribution < 1.29 is 0 Å². The molecule has 4 aromatic carbocycles. The van der Waals surface area contributed by atoms with Crippen molar-refractivity contribution in [3.63, 3.8) is 0 Å². The van der Waals surface area contributed by atoms with E-state index in [2.05, 4.69) is 214 Å². The molecule has 0 spiro atoms. The fraction of sp³-hybridized carbons (Fsp3) is 0.267. The summed E-state index contributed by atoms with van der Waals surface area (Å²) in [5.74, 6) is 0. The second-order valence-electron chi connectivity index (χ2n) is 18.1. The molecule has 9 rings (SSSR count). The van der Waals surface area contributed by atoms with E-state index in [0.717, 1.165) is 189 Å². The van der Waals surface area contributed by atoms with Crippen molar-refractivity contribution in [3.05, 3.63) is 212 Å². The van der Waals surface area contributed by atoms with Gasteiger partial charge in [0.1, 0.15) is 0 Å². The number of unbranched alkanes of at least 4 members (excludes halogenated alkanes) is 4. The van der Waals surface area contributed by atoms with Gasteiger partial charge in [-0.25, -0.2) is 0 Å². The van der Waals surface area contributed by atoms with E-state index in [0.29, 0.717) is 0 Å². The number of fused-ring (bicyclic) bond motifs is 8. The van der Waals surface area contributed by atoms with Gasteiger partial charge in [0.2, 0.25) is 0 Å². The maximum Gasteiger partial charge on any atom is 0.0485 e. The number of hydrogen-bond donors (Lipinski definition) is 8. The van der Waals surface area contributed by atoms with E-state index in [9.17, 15) is 0 Å². The Morgan fingerprint density at radius 1 is 0.265 bits per heavy atom. The number of aromatic nitrogens is 4. The molecule has 4 aromatic heterocycles.